The van der Waals surface area contributed by atoms with Gasteiger partial charge in [-0.3, -0.25) is 14.3 Å². The first kappa shape index (κ1) is 15.5. The summed E-state index contributed by atoms with van der Waals surface area (Å²) >= 11 is 0. The van der Waals surface area contributed by atoms with Gasteiger partial charge in [0.05, 0.1) is 0 Å². The molecule has 1 aromatic heterocycles. The van der Waals surface area contributed by atoms with E-state index in [0.29, 0.717) is 13.0 Å². The van der Waals surface area contributed by atoms with Gasteiger partial charge in [0.1, 0.15) is 12.1 Å². The van der Waals surface area contributed by atoms with E-state index in [2.05, 4.69) is 10.4 Å². The Morgan fingerprint density at radius 1 is 1.43 bits per heavy atom. The monoisotopic (exact) mass is 292 g/mol. The van der Waals surface area contributed by atoms with Gasteiger partial charge in [-0.05, 0) is 18.9 Å². The fourth-order valence-electron chi connectivity index (χ4n) is 2.65. The van der Waals surface area contributed by atoms with Crippen molar-refractivity contribution in [3.05, 3.63) is 18.0 Å². The number of nitrogens with zero attached hydrogens (tertiary/aromatic N) is 3. The van der Waals surface area contributed by atoms with Crippen LogP contribution in [0, 0.1) is 5.92 Å². The predicted octanol–water partition coefficient (Wildman–Crippen LogP) is 0.724. The van der Waals surface area contributed by atoms with Crippen LogP contribution in [0.4, 0.5) is 0 Å². The standard InChI is InChI=1S/C15H24N4O2/c1-5-10(2)13-15(21)19(11(3)14(20)17-13)9-7-12-6-8-16-18(12)4/h6,8,10-11,13H,5,7,9H2,1-4H3,(H,17,20). The molecule has 0 saturated carbocycles. The number of aromatic nitrogens is 2. The number of carbonyl (C=O) groups excluding carboxylic acids is 2. The van der Waals surface area contributed by atoms with Crippen LogP contribution in [0.2, 0.25) is 0 Å². The minimum Gasteiger partial charge on any atom is -0.342 e. The Labute approximate surface area is 125 Å². The molecule has 1 aliphatic heterocycles. The van der Waals surface area contributed by atoms with Crippen molar-refractivity contribution in [2.75, 3.05) is 6.54 Å². The van der Waals surface area contributed by atoms with Gasteiger partial charge in [0.15, 0.2) is 0 Å². The lowest BCUT2D eigenvalue weighted by atomic mass is 9.94. The molecule has 0 aliphatic carbocycles. The number of carbonyl (C=O) groups is 2. The van der Waals surface area contributed by atoms with Crippen LogP contribution in [0.5, 0.6) is 0 Å². The Kier molecular flexibility index (Phi) is 4.65. The molecule has 6 heteroatoms. The minimum atomic E-state index is -0.411. The number of amides is 2. The molecule has 0 spiro atoms. The second-order valence-corrected chi connectivity index (χ2v) is 5.78. The molecule has 0 radical (unpaired) electrons. The highest BCUT2D eigenvalue weighted by molar-refractivity contribution is 5.96. The van der Waals surface area contributed by atoms with Crippen molar-refractivity contribution < 1.29 is 9.59 Å². The summed E-state index contributed by atoms with van der Waals surface area (Å²) in [7, 11) is 1.88. The number of rotatable bonds is 5. The molecule has 1 saturated heterocycles. The molecule has 1 fully saturated rings. The Balaban J connectivity index is 2.09. The molecule has 0 aromatic carbocycles. The lowest BCUT2D eigenvalue weighted by molar-refractivity contribution is -0.150. The lowest BCUT2D eigenvalue weighted by Crippen LogP contribution is -2.64. The molecule has 1 aliphatic rings. The van der Waals surface area contributed by atoms with Gasteiger partial charge >= 0.3 is 0 Å². The van der Waals surface area contributed by atoms with Gasteiger partial charge in [0.25, 0.3) is 0 Å². The maximum absolute atomic E-state index is 12.6. The molecule has 2 amide bonds. The number of hydrogen-bond donors (Lipinski definition) is 1. The molecule has 1 aromatic rings. The first-order valence-corrected chi connectivity index (χ1v) is 7.53. The van der Waals surface area contributed by atoms with Crippen LogP contribution >= 0.6 is 0 Å². The maximum Gasteiger partial charge on any atom is 0.246 e. The van der Waals surface area contributed by atoms with E-state index in [0.717, 1.165) is 12.1 Å². The van der Waals surface area contributed by atoms with Crippen molar-refractivity contribution in [3.63, 3.8) is 0 Å². The van der Waals surface area contributed by atoms with E-state index in [4.69, 9.17) is 0 Å². The van der Waals surface area contributed by atoms with Gasteiger partial charge in [0, 0.05) is 31.9 Å². The van der Waals surface area contributed by atoms with E-state index in [1.165, 1.54) is 0 Å². The molecular weight excluding hydrogens is 268 g/mol. The van der Waals surface area contributed by atoms with E-state index < -0.39 is 12.1 Å². The van der Waals surface area contributed by atoms with Crippen LogP contribution in [0.1, 0.15) is 32.9 Å². The van der Waals surface area contributed by atoms with Gasteiger partial charge in [-0.25, -0.2) is 0 Å². The third kappa shape index (κ3) is 3.09. The zero-order valence-corrected chi connectivity index (χ0v) is 13.2. The molecule has 0 bridgehead atoms. The summed E-state index contributed by atoms with van der Waals surface area (Å²) in [5, 5.41) is 6.98. The van der Waals surface area contributed by atoms with Crippen LogP contribution < -0.4 is 5.32 Å². The van der Waals surface area contributed by atoms with Crippen molar-refractivity contribution in [2.24, 2.45) is 13.0 Å². The average molecular weight is 292 g/mol. The minimum absolute atomic E-state index is 0.0265. The third-order valence-electron chi connectivity index (χ3n) is 4.44. The van der Waals surface area contributed by atoms with Crippen LogP contribution in [0.3, 0.4) is 0 Å². The third-order valence-corrected chi connectivity index (χ3v) is 4.44. The predicted molar refractivity (Wildman–Crippen MR) is 79.5 cm³/mol. The Morgan fingerprint density at radius 2 is 2.14 bits per heavy atom. The largest absolute Gasteiger partial charge is 0.342 e. The van der Waals surface area contributed by atoms with E-state index in [9.17, 15) is 9.59 Å². The van der Waals surface area contributed by atoms with E-state index in [1.54, 1.807) is 22.7 Å². The zero-order chi connectivity index (χ0) is 15.6. The van der Waals surface area contributed by atoms with Gasteiger partial charge in [0.2, 0.25) is 11.8 Å². The quantitative estimate of drug-likeness (QED) is 0.870. The van der Waals surface area contributed by atoms with Gasteiger partial charge in [-0.15, -0.1) is 0 Å². The summed E-state index contributed by atoms with van der Waals surface area (Å²) < 4.78 is 1.80. The van der Waals surface area contributed by atoms with Crippen molar-refractivity contribution in [3.8, 4) is 0 Å². The van der Waals surface area contributed by atoms with Gasteiger partial charge in [-0.2, -0.15) is 5.10 Å². The normalized spacial score (nSPS) is 24.1. The van der Waals surface area contributed by atoms with E-state index >= 15 is 0 Å². The van der Waals surface area contributed by atoms with Crippen molar-refractivity contribution in [2.45, 2.75) is 45.7 Å². The summed E-state index contributed by atoms with van der Waals surface area (Å²) in [5.41, 5.74) is 1.06. The van der Waals surface area contributed by atoms with E-state index in [-0.39, 0.29) is 17.7 Å². The molecule has 2 rings (SSSR count). The van der Waals surface area contributed by atoms with E-state index in [1.807, 2.05) is 27.0 Å². The van der Waals surface area contributed by atoms with Crippen molar-refractivity contribution in [1.29, 1.82) is 0 Å². The first-order valence-electron chi connectivity index (χ1n) is 7.53. The van der Waals surface area contributed by atoms with Gasteiger partial charge in [-0.1, -0.05) is 20.3 Å². The molecule has 116 valence electrons. The fourth-order valence-corrected chi connectivity index (χ4v) is 2.65. The van der Waals surface area contributed by atoms with Gasteiger partial charge < -0.3 is 10.2 Å². The Bertz CT molecular complexity index is 525. The topological polar surface area (TPSA) is 67.2 Å². The SMILES string of the molecule is CCC(C)C1NC(=O)C(C)N(CCc2ccnn2C)C1=O. The first-order chi connectivity index (χ1) is 9.95. The molecule has 3 atom stereocenters. The number of hydrogen-bond acceptors (Lipinski definition) is 3. The smallest absolute Gasteiger partial charge is 0.246 e. The van der Waals surface area contributed by atoms with Crippen molar-refractivity contribution in [1.82, 2.24) is 20.0 Å². The second kappa shape index (κ2) is 6.28. The number of aryl methyl sites for hydroxylation is 1. The average Bonchev–Trinajstić information content (AvgIpc) is 2.87. The van der Waals surface area contributed by atoms with Crippen LogP contribution in [-0.2, 0) is 23.1 Å². The Morgan fingerprint density at radius 3 is 2.71 bits per heavy atom. The molecule has 6 nitrogen and oxygen atoms in total. The molecular formula is C15H24N4O2. The molecule has 2 heterocycles. The summed E-state index contributed by atoms with van der Waals surface area (Å²) in [6, 6.07) is 1.13. The summed E-state index contributed by atoms with van der Waals surface area (Å²) in [6.07, 6.45) is 3.30. The summed E-state index contributed by atoms with van der Waals surface area (Å²) in [5.74, 6) is 0.108. The second-order valence-electron chi connectivity index (χ2n) is 5.78. The van der Waals surface area contributed by atoms with Crippen LogP contribution in [-0.4, -0.2) is 45.1 Å². The highest BCUT2D eigenvalue weighted by Crippen LogP contribution is 2.18. The Hall–Kier alpha value is -1.85. The number of piperazine rings is 1. The summed E-state index contributed by atoms with van der Waals surface area (Å²) in [6.45, 7) is 6.35. The zero-order valence-electron chi connectivity index (χ0n) is 13.2. The lowest BCUT2D eigenvalue weighted by Gasteiger charge is -2.39. The van der Waals surface area contributed by atoms with Crippen LogP contribution in [0.25, 0.3) is 0 Å². The summed E-state index contributed by atoms with van der Waals surface area (Å²) in [4.78, 5) is 26.4. The maximum atomic E-state index is 12.6. The highest BCUT2D eigenvalue weighted by Gasteiger charge is 2.39. The molecule has 21 heavy (non-hydrogen) atoms. The fraction of sp³-hybridized carbons (Fsp3) is 0.667. The van der Waals surface area contributed by atoms with Crippen LogP contribution in [0.15, 0.2) is 12.3 Å². The number of nitrogens with one attached hydrogen (secondary N) is 1. The molecule has 3 unspecified atom stereocenters. The van der Waals surface area contributed by atoms with Crippen molar-refractivity contribution >= 4 is 11.8 Å². The molecule has 1 N–H and O–H groups in total. The highest BCUT2D eigenvalue weighted by atomic mass is 16.2.